The molecule has 0 aliphatic carbocycles. The lowest BCUT2D eigenvalue weighted by molar-refractivity contribution is -0.139. The van der Waals surface area contributed by atoms with Crippen molar-refractivity contribution in [1.29, 1.82) is 0 Å². The molecule has 0 saturated carbocycles. The minimum Gasteiger partial charge on any atom is -0.346 e. The molecule has 0 radical (unpaired) electrons. The quantitative estimate of drug-likeness (QED) is 0.738. The second kappa shape index (κ2) is 9.64. The number of thiophene rings is 1. The van der Waals surface area contributed by atoms with Crippen molar-refractivity contribution in [1.82, 2.24) is 20.4 Å². The summed E-state index contributed by atoms with van der Waals surface area (Å²) in [4.78, 5) is 29.0. The van der Waals surface area contributed by atoms with E-state index in [1.165, 1.54) is 5.56 Å². The Morgan fingerprint density at radius 2 is 1.74 bits per heavy atom. The fourth-order valence-corrected chi connectivity index (χ4v) is 3.89. The Morgan fingerprint density at radius 1 is 1.04 bits per heavy atom. The van der Waals surface area contributed by atoms with Crippen molar-refractivity contribution in [2.24, 2.45) is 0 Å². The average molecular weight is 387 g/mol. The predicted octanol–water partition coefficient (Wildman–Crippen LogP) is 1.47. The van der Waals surface area contributed by atoms with Gasteiger partial charge in [-0.2, -0.15) is 11.3 Å². The van der Waals surface area contributed by atoms with E-state index in [9.17, 15) is 9.59 Å². The molecule has 0 spiro atoms. The third-order valence-electron chi connectivity index (χ3n) is 4.86. The van der Waals surface area contributed by atoms with E-state index in [1.54, 1.807) is 11.3 Å². The van der Waals surface area contributed by atoms with Gasteiger partial charge in [0.15, 0.2) is 0 Å². The zero-order valence-electron chi connectivity index (χ0n) is 15.6. The van der Waals surface area contributed by atoms with Crippen LogP contribution >= 0.6 is 11.3 Å². The van der Waals surface area contributed by atoms with Gasteiger partial charge in [0.2, 0.25) is 0 Å². The van der Waals surface area contributed by atoms with Gasteiger partial charge in [-0.25, -0.2) is 0 Å². The van der Waals surface area contributed by atoms with Gasteiger partial charge in [0.05, 0.1) is 6.04 Å². The van der Waals surface area contributed by atoms with Crippen LogP contribution in [-0.2, 0) is 16.1 Å². The van der Waals surface area contributed by atoms with E-state index in [1.807, 2.05) is 35.7 Å². The summed E-state index contributed by atoms with van der Waals surface area (Å²) >= 11 is 1.65. The fraction of sp³-hybridized carbons (Fsp3) is 0.400. The van der Waals surface area contributed by atoms with Crippen LogP contribution in [0.15, 0.2) is 47.2 Å². The molecule has 3 rings (SSSR count). The molecule has 2 N–H and O–H groups in total. The Morgan fingerprint density at radius 3 is 2.41 bits per heavy atom. The number of nitrogens with one attached hydrogen (secondary N) is 2. The normalized spacial score (nSPS) is 16.6. The first-order valence-corrected chi connectivity index (χ1v) is 10.1. The molecular formula is C20H26N4O2S. The maximum absolute atomic E-state index is 12.2. The second-order valence-corrected chi connectivity index (χ2v) is 7.57. The average Bonchev–Trinajstić information content (AvgIpc) is 3.22. The number of benzene rings is 1. The van der Waals surface area contributed by atoms with Gasteiger partial charge in [0.1, 0.15) is 0 Å². The van der Waals surface area contributed by atoms with Crippen LogP contribution in [0.1, 0.15) is 17.2 Å². The first-order chi connectivity index (χ1) is 13.1. The molecule has 1 aliphatic heterocycles. The van der Waals surface area contributed by atoms with Crippen LogP contribution < -0.4 is 10.6 Å². The molecule has 1 aromatic heterocycles. The number of piperazine rings is 1. The summed E-state index contributed by atoms with van der Waals surface area (Å²) in [6.07, 6.45) is 0. The standard InChI is InChI=1S/C20H26N4O2S/c1-23-8-10-24(11-9-23)18(17-7-12-27-15-17)14-22-20(26)19(25)21-13-16-5-3-2-4-6-16/h2-7,12,15,18H,8-11,13-14H2,1H3,(H,21,25)(H,22,26). The fourth-order valence-electron chi connectivity index (χ4n) is 3.18. The lowest BCUT2D eigenvalue weighted by Crippen LogP contribution is -2.49. The molecule has 1 aromatic carbocycles. The second-order valence-electron chi connectivity index (χ2n) is 6.79. The summed E-state index contributed by atoms with van der Waals surface area (Å²) < 4.78 is 0. The first-order valence-electron chi connectivity index (χ1n) is 9.18. The molecule has 7 heteroatoms. The SMILES string of the molecule is CN1CCN(C(CNC(=O)C(=O)NCc2ccccc2)c2ccsc2)CC1. The third kappa shape index (κ3) is 5.63. The zero-order chi connectivity index (χ0) is 19.1. The number of carbonyl (C=O) groups is 2. The first kappa shape index (κ1) is 19.5. The highest BCUT2D eigenvalue weighted by Gasteiger charge is 2.25. The largest absolute Gasteiger partial charge is 0.346 e. The van der Waals surface area contributed by atoms with Gasteiger partial charge in [-0.15, -0.1) is 0 Å². The number of amides is 2. The topological polar surface area (TPSA) is 64.7 Å². The van der Waals surface area contributed by atoms with E-state index in [0.29, 0.717) is 13.1 Å². The van der Waals surface area contributed by atoms with Crippen molar-refractivity contribution in [3.05, 3.63) is 58.3 Å². The molecule has 1 atom stereocenters. The summed E-state index contributed by atoms with van der Waals surface area (Å²) in [5.74, 6) is -1.18. The molecule has 2 aromatic rings. The minimum absolute atomic E-state index is 0.0934. The summed E-state index contributed by atoms with van der Waals surface area (Å²) in [6, 6.07) is 11.7. The number of carbonyl (C=O) groups excluding carboxylic acids is 2. The molecule has 0 bridgehead atoms. The van der Waals surface area contributed by atoms with Gasteiger partial charge < -0.3 is 15.5 Å². The zero-order valence-corrected chi connectivity index (χ0v) is 16.4. The number of hydrogen-bond donors (Lipinski definition) is 2. The van der Waals surface area contributed by atoms with Gasteiger partial charge >= 0.3 is 11.8 Å². The number of rotatable bonds is 6. The van der Waals surface area contributed by atoms with Crippen LogP contribution in [0.2, 0.25) is 0 Å². The lowest BCUT2D eigenvalue weighted by Gasteiger charge is -2.37. The van der Waals surface area contributed by atoms with E-state index in [0.717, 1.165) is 31.7 Å². The lowest BCUT2D eigenvalue weighted by atomic mass is 10.1. The highest BCUT2D eigenvalue weighted by atomic mass is 32.1. The highest BCUT2D eigenvalue weighted by Crippen LogP contribution is 2.23. The van der Waals surface area contributed by atoms with E-state index in [4.69, 9.17) is 0 Å². The van der Waals surface area contributed by atoms with Crippen LogP contribution in [-0.4, -0.2) is 61.4 Å². The Balaban J connectivity index is 1.53. The molecule has 2 heterocycles. The van der Waals surface area contributed by atoms with Gasteiger partial charge in [-0.3, -0.25) is 14.5 Å². The molecule has 27 heavy (non-hydrogen) atoms. The maximum Gasteiger partial charge on any atom is 0.309 e. The number of hydrogen-bond acceptors (Lipinski definition) is 5. The monoisotopic (exact) mass is 386 g/mol. The van der Waals surface area contributed by atoms with Gasteiger partial charge in [-0.05, 0) is 35.0 Å². The molecule has 1 aliphatic rings. The van der Waals surface area contributed by atoms with Crippen LogP contribution in [0.4, 0.5) is 0 Å². The van der Waals surface area contributed by atoms with E-state index in [2.05, 4.69) is 38.9 Å². The van der Waals surface area contributed by atoms with Crippen LogP contribution in [0.3, 0.4) is 0 Å². The van der Waals surface area contributed by atoms with Crippen molar-refractivity contribution in [3.63, 3.8) is 0 Å². The molecule has 1 unspecified atom stereocenters. The summed E-state index contributed by atoms with van der Waals surface area (Å²) in [5, 5.41) is 9.65. The summed E-state index contributed by atoms with van der Waals surface area (Å²) in [7, 11) is 2.12. The Labute approximate surface area is 164 Å². The van der Waals surface area contributed by atoms with E-state index >= 15 is 0 Å². The maximum atomic E-state index is 12.2. The van der Waals surface area contributed by atoms with E-state index in [-0.39, 0.29) is 6.04 Å². The predicted molar refractivity (Wildman–Crippen MR) is 107 cm³/mol. The van der Waals surface area contributed by atoms with Crippen molar-refractivity contribution in [2.45, 2.75) is 12.6 Å². The van der Waals surface area contributed by atoms with Crippen LogP contribution in [0, 0.1) is 0 Å². The van der Waals surface area contributed by atoms with Gasteiger partial charge in [0.25, 0.3) is 0 Å². The minimum atomic E-state index is -0.596. The number of likely N-dealkylation sites (N-methyl/N-ethyl adjacent to an activating group) is 1. The third-order valence-corrected chi connectivity index (χ3v) is 5.57. The molecule has 6 nitrogen and oxygen atoms in total. The smallest absolute Gasteiger partial charge is 0.309 e. The number of nitrogens with zero attached hydrogens (tertiary/aromatic N) is 2. The highest BCUT2D eigenvalue weighted by molar-refractivity contribution is 7.08. The molecule has 1 fully saturated rings. The van der Waals surface area contributed by atoms with Crippen molar-refractivity contribution >= 4 is 23.2 Å². The molecule has 1 saturated heterocycles. The van der Waals surface area contributed by atoms with Gasteiger partial charge in [-0.1, -0.05) is 30.3 Å². The van der Waals surface area contributed by atoms with Crippen molar-refractivity contribution in [2.75, 3.05) is 39.8 Å². The van der Waals surface area contributed by atoms with E-state index < -0.39 is 11.8 Å². The van der Waals surface area contributed by atoms with Crippen LogP contribution in [0.25, 0.3) is 0 Å². The molecule has 2 amide bonds. The Hall–Kier alpha value is -2.22. The van der Waals surface area contributed by atoms with Crippen LogP contribution in [0.5, 0.6) is 0 Å². The summed E-state index contributed by atoms with van der Waals surface area (Å²) in [5.41, 5.74) is 2.15. The Kier molecular flexibility index (Phi) is 6.98. The van der Waals surface area contributed by atoms with Crippen molar-refractivity contribution in [3.8, 4) is 0 Å². The summed E-state index contributed by atoms with van der Waals surface area (Å²) in [6.45, 7) is 4.69. The Bertz CT molecular complexity index is 728. The molecule has 144 valence electrons. The van der Waals surface area contributed by atoms with Crippen molar-refractivity contribution < 1.29 is 9.59 Å². The van der Waals surface area contributed by atoms with Gasteiger partial charge in [0, 0.05) is 39.3 Å². The molecular weight excluding hydrogens is 360 g/mol.